The van der Waals surface area contributed by atoms with Gasteiger partial charge in [-0.05, 0) is 39.2 Å². The fraction of sp³-hybridized carbons (Fsp3) is 0.143. The van der Waals surface area contributed by atoms with Crippen molar-refractivity contribution in [2.24, 2.45) is 5.73 Å². The van der Waals surface area contributed by atoms with Gasteiger partial charge in [0.1, 0.15) is 0 Å². The number of nitrogens with two attached hydrogens (primary N) is 1. The molecule has 0 aliphatic heterocycles. The summed E-state index contributed by atoms with van der Waals surface area (Å²) < 4.78 is 27.7. The zero-order valence-corrected chi connectivity index (χ0v) is 13.1. The molecule has 106 valence electrons. The van der Waals surface area contributed by atoms with Crippen LogP contribution in [-0.2, 0) is 23.1 Å². The maximum absolute atomic E-state index is 12.3. The number of rotatable bonds is 5. The average Bonchev–Trinajstić information content (AvgIpc) is 2.47. The molecule has 0 bridgehead atoms. The highest BCUT2D eigenvalue weighted by Gasteiger charge is 2.17. The van der Waals surface area contributed by atoms with E-state index in [0.717, 1.165) is 11.1 Å². The summed E-state index contributed by atoms with van der Waals surface area (Å²) in [6.45, 7) is 0.553. The van der Waals surface area contributed by atoms with E-state index in [2.05, 4.69) is 20.7 Å². The second-order valence-electron chi connectivity index (χ2n) is 4.28. The Morgan fingerprint density at radius 3 is 2.40 bits per heavy atom. The lowest BCUT2D eigenvalue weighted by molar-refractivity contribution is 0.580. The summed E-state index contributed by atoms with van der Waals surface area (Å²) in [6, 6.07) is 14.4. The van der Waals surface area contributed by atoms with Crippen molar-refractivity contribution in [3.8, 4) is 0 Å². The Morgan fingerprint density at radius 2 is 1.75 bits per heavy atom. The molecule has 4 nitrogen and oxygen atoms in total. The zero-order valence-electron chi connectivity index (χ0n) is 10.7. The van der Waals surface area contributed by atoms with Crippen molar-refractivity contribution in [2.75, 3.05) is 0 Å². The van der Waals surface area contributed by atoms with E-state index in [4.69, 9.17) is 5.73 Å². The molecule has 0 aromatic heterocycles. The molecule has 6 heteroatoms. The van der Waals surface area contributed by atoms with Crippen LogP contribution in [0.2, 0.25) is 0 Å². The minimum Gasteiger partial charge on any atom is -0.326 e. The molecule has 0 aliphatic carbocycles. The van der Waals surface area contributed by atoms with E-state index in [9.17, 15) is 8.42 Å². The monoisotopic (exact) mass is 354 g/mol. The fourth-order valence-electron chi connectivity index (χ4n) is 1.73. The van der Waals surface area contributed by atoms with Crippen LogP contribution in [0.25, 0.3) is 0 Å². The molecule has 0 saturated carbocycles. The molecular weight excluding hydrogens is 340 g/mol. The average molecular weight is 355 g/mol. The molecule has 0 spiro atoms. The third-order valence-corrected chi connectivity index (χ3v) is 5.23. The van der Waals surface area contributed by atoms with Gasteiger partial charge in [-0.25, -0.2) is 13.1 Å². The van der Waals surface area contributed by atoms with E-state index >= 15 is 0 Å². The third-order valence-electron chi connectivity index (χ3n) is 2.83. The first kappa shape index (κ1) is 15.2. The lowest BCUT2D eigenvalue weighted by Gasteiger charge is -2.10. The van der Waals surface area contributed by atoms with E-state index in [0.29, 0.717) is 11.0 Å². The van der Waals surface area contributed by atoms with Crippen LogP contribution in [0, 0.1) is 0 Å². The number of hydrogen-bond donors (Lipinski definition) is 2. The lowest BCUT2D eigenvalue weighted by atomic mass is 10.2. The van der Waals surface area contributed by atoms with Crippen LogP contribution in [0.15, 0.2) is 57.9 Å². The highest BCUT2D eigenvalue weighted by molar-refractivity contribution is 9.10. The lowest BCUT2D eigenvalue weighted by Crippen LogP contribution is -2.23. The number of hydrogen-bond acceptors (Lipinski definition) is 3. The molecule has 3 N–H and O–H groups in total. The smallest absolute Gasteiger partial charge is 0.242 e. The summed E-state index contributed by atoms with van der Waals surface area (Å²) in [5, 5.41) is 0. The Labute approximate surface area is 127 Å². The molecule has 20 heavy (non-hydrogen) atoms. The van der Waals surface area contributed by atoms with Gasteiger partial charge in [-0.15, -0.1) is 0 Å². The molecule has 2 aromatic rings. The molecule has 2 rings (SSSR count). The highest BCUT2D eigenvalue weighted by Crippen LogP contribution is 2.23. The van der Waals surface area contributed by atoms with Crippen LogP contribution >= 0.6 is 15.9 Å². The Bertz CT molecular complexity index is 688. The number of nitrogens with one attached hydrogen (secondary N) is 1. The maximum Gasteiger partial charge on any atom is 0.242 e. The van der Waals surface area contributed by atoms with Crippen LogP contribution in [-0.4, -0.2) is 8.42 Å². The van der Waals surface area contributed by atoms with Gasteiger partial charge < -0.3 is 5.73 Å². The van der Waals surface area contributed by atoms with E-state index < -0.39 is 10.0 Å². The second-order valence-corrected chi connectivity index (χ2v) is 6.87. The van der Waals surface area contributed by atoms with Gasteiger partial charge in [0.2, 0.25) is 10.0 Å². The molecule has 2 aromatic carbocycles. The van der Waals surface area contributed by atoms with Gasteiger partial charge in [0.15, 0.2) is 0 Å². The summed E-state index contributed by atoms with van der Waals surface area (Å²) in [5.41, 5.74) is 7.22. The van der Waals surface area contributed by atoms with Crippen molar-refractivity contribution >= 4 is 26.0 Å². The van der Waals surface area contributed by atoms with Crippen molar-refractivity contribution in [2.45, 2.75) is 18.0 Å². The standard InChI is InChI=1S/C14H15BrN2O2S/c15-13-7-6-12(9-16)8-14(13)20(18,19)17-10-11-4-2-1-3-5-11/h1-8,17H,9-10,16H2. The van der Waals surface area contributed by atoms with Crippen LogP contribution in [0.5, 0.6) is 0 Å². The molecule has 0 saturated heterocycles. The molecule has 0 fully saturated rings. The summed E-state index contributed by atoms with van der Waals surface area (Å²) >= 11 is 3.26. The summed E-state index contributed by atoms with van der Waals surface area (Å²) in [4.78, 5) is 0.205. The largest absolute Gasteiger partial charge is 0.326 e. The van der Waals surface area contributed by atoms with E-state index in [1.807, 2.05) is 30.3 Å². The van der Waals surface area contributed by atoms with Crippen LogP contribution < -0.4 is 10.5 Å². The first-order chi connectivity index (χ1) is 9.53. The minimum absolute atomic E-state index is 0.205. The predicted octanol–water partition coefficient (Wildman–Crippen LogP) is 2.39. The topological polar surface area (TPSA) is 72.2 Å². The van der Waals surface area contributed by atoms with Crippen molar-refractivity contribution in [3.05, 3.63) is 64.1 Å². The van der Waals surface area contributed by atoms with Gasteiger partial charge >= 0.3 is 0 Å². The van der Waals surface area contributed by atoms with E-state index in [-0.39, 0.29) is 11.4 Å². The summed E-state index contributed by atoms with van der Waals surface area (Å²) in [7, 11) is -3.57. The molecule has 0 unspecified atom stereocenters. The van der Waals surface area contributed by atoms with Gasteiger partial charge in [0.25, 0.3) is 0 Å². The first-order valence-electron chi connectivity index (χ1n) is 6.05. The third kappa shape index (κ3) is 3.67. The Balaban J connectivity index is 2.22. The zero-order chi connectivity index (χ0) is 14.6. The van der Waals surface area contributed by atoms with Crippen molar-refractivity contribution in [1.29, 1.82) is 0 Å². The van der Waals surface area contributed by atoms with Gasteiger partial charge in [0.05, 0.1) is 4.90 Å². The predicted molar refractivity (Wildman–Crippen MR) is 82.5 cm³/mol. The number of halogens is 1. The molecule has 0 heterocycles. The quantitative estimate of drug-likeness (QED) is 0.865. The molecule has 0 amide bonds. The Kier molecular flexibility index (Phi) is 4.93. The molecular formula is C14H15BrN2O2S. The molecule has 0 aliphatic rings. The number of sulfonamides is 1. The van der Waals surface area contributed by atoms with Gasteiger partial charge in [-0.3, -0.25) is 0 Å². The van der Waals surface area contributed by atoms with Crippen molar-refractivity contribution < 1.29 is 8.42 Å². The fourth-order valence-corrected chi connectivity index (χ4v) is 3.76. The van der Waals surface area contributed by atoms with E-state index in [1.165, 1.54) is 0 Å². The first-order valence-corrected chi connectivity index (χ1v) is 8.32. The van der Waals surface area contributed by atoms with Crippen LogP contribution in [0.3, 0.4) is 0 Å². The molecule has 0 atom stereocenters. The van der Waals surface area contributed by atoms with Crippen molar-refractivity contribution in [3.63, 3.8) is 0 Å². The number of benzene rings is 2. The van der Waals surface area contributed by atoms with Crippen molar-refractivity contribution in [1.82, 2.24) is 4.72 Å². The van der Waals surface area contributed by atoms with Gasteiger partial charge in [0, 0.05) is 17.6 Å². The second kappa shape index (κ2) is 6.49. The maximum atomic E-state index is 12.3. The summed E-state index contributed by atoms with van der Waals surface area (Å²) in [5.74, 6) is 0. The van der Waals surface area contributed by atoms with Gasteiger partial charge in [-0.1, -0.05) is 36.4 Å². The Hall–Kier alpha value is -1.21. The highest BCUT2D eigenvalue weighted by atomic mass is 79.9. The molecule has 0 radical (unpaired) electrons. The van der Waals surface area contributed by atoms with Gasteiger partial charge in [-0.2, -0.15) is 0 Å². The normalized spacial score (nSPS) is 11.5. The van der Waals surface area contributed by atoms with Crippen LogP contribution in [0.4, 0.5) is 0 Å². The SMILES string of the molecule is NCc1ccc(Br)c(S(=O)(=O)NCc2ccccc2)c1. The van der Waals surface area contributed by atoms with E-state index in [1.54, 1.807) is 18.2 Å². The summed E-state index contributed by atoms with van der Waals surface area (Å²) in [6.07, 6.45) is 0. The Morgan fingerprint density at radius 1 is 1.05 bits per heavy atom. The minimum atomic E-state index is -3.57. The van der Waals surface area contributed by atoms with Crippen LogP contribution in [0.1, 0.15) is 11.1 Å².